The molecule has 0 saturated carbocycles. The third kappa shape index (κ3) is 5.85. The number of anilines is 2. The van der Waals surface area contributed by atoms with Crippen LogP contribution in [0, 0.1) is 0 Å². The topological polar surface area (TPSA) is 98.0 Å². The van der Waals surface area contributed by atoms with Gasteiger partial charge in [-0.3, -0.25) is 0 Å². The van der Waals surface area contributed by atoms with Gasteiger partial charge in [0.25, 0.3) is 0 Å². The van der Waals surface area contributed by atoms with Crippen LogP contribution in [0.25, 0.3) is 0 Å². The van der Waals surface area contributed by atoms with Gasteiger partial charge in [0.1, 0.15) is 6.33 Å². The standard InChI is InChI=1S/C12H12N2O2S.C4H4N2/c13-17(15,16)12-8-6-11(7-9-12)14-10-4-2-1-3-5-10;1-2-5-4-6-3-1/h1-9,14H,(H2,13,15,16);1-4H. The summed E-state index contributed by atoms with van der Waals surface area (Å²) < 4.78 is 22.1. The second-order valence-corrected chi connectivity index (χ2v) is 6.03. The second kappa shape index (κ2) is 8.02. The summed E-state index contributed by atoms with van der Waals surface area (Å²) in [5, 5.41) is 8.16. The number of primary sulfonamides is 1. The van der Waals surface area contributed by atoms with Gasteiger partial charge in [-0.15, -0.1) is 0 Å². The molecule has 1 heterocycles. The molecular formula is C16H16N4O2S. The molecule has 3 N–H and O–H groups in total. The maximum atomic E-state index is 11.1. The average Bonchev–Trinajstić information content (AvgIpc) is 2.58. The number of sulfonamides is 1. The number of aromatic nitrogens is 2. The third-order valence-electron chi connectivity index (χ3n) is 2.72. The first kappa shape index (κ1) is 16.6. The van der Waals surface area contributed by atoms with E-state index in [1.54, 1.807) is 30.6 Å². The Balaban J connectivity index is 0.000000268. The van der Waals surface area contributed by atoms with Crippen LogP contribution in [-0.4, -0.2) is 18.4 Å². The molecule has 0 aliphatic carbocycles. The fraction of sp³-hybridized carbons (Fsp3) is 0. The number of nitrogens with two attached hydrogens (primary N) is 1. The SMILES string of the molecule is NS(=O)(=O)c1ccc(Nc2ccccc2)cc1.c1cncnc1. The van der Waals surface area contributed by atoms with E-state index in [9.17, 15) is 8.42 Å². The van der Waals surface area contributed by atoms with Crippen LogP contribution in [0.1, 0.15) is 0 Å². The lowest BCUT2D eigenvalue weighted by atomic mass is 10.3. The molecule has 0 spiro atoms. The van der Waals surface area contributed by atoms with Gasteiger partial charge in [0.15, 0.2) is 0 Å². The van der Waals surface area contributed by atoms with Crippen molar-refractivity contribution >= 4 is 21.4 Å². The van der Waals surface area contributed by atoms with Gasteiger partial charge >= 0.3 is 0 Å². The minimum Gasteiger partial charge on any atom is -0.356 e. The number of nitrogens with zero attached hydrogens (tertiary/aromatic N) is 2. The summed E-state index contributed by atoms with van der Waals surface area (Å²) in [5.41, 5.74) is 1.75. The van der Waals surface area contributed by atoms with Gasteiger partial charge in [0.2, 0.25) is 10.0 Å². The zero-order valence-electron chi connectivity index (χ0n) is 12.2. The van der Waals surface area contributed by atoms with Crippen LogP contribution in [0.5, 0.6) is 0 Å². The summed E-state index contributed by atoms with van der Waals surface area (Å²) >= 11 is 0. The van der Waals surface area contributed by atoms with Crippen LogP contribution in [-0.2, 0) is 10.0 Å². The quantitative estimate of drug-likeness (QED) is 0.770. The van der Waals surface area contributed by atoms with Crippen LogP contribution < -0.4 is 10.5 Å². The van der Waals surface area contributed by atoms with E-state index >= 15 is 0 Å². The summed E-state index contributed by atoms with van der Waals surface area (Å²) in [6.07, 6.45) is 4.88. The highest BCUT2D eigenvalue weighted by Gasteiger charge is 2.06. The number of hydrogen-bond donors (Lipinski definition) is 2. The van der Waals surface area contributed by atoms with E-state index in [0.29, 0.717) is 0 Å². The van der Waals surface area contributed by atoms with Crippen molar-refractivity contribution in [3.8, 4) is 0 Å². The molecule has 1 aromatic heterocycles. The molecule has 0 aliphatic rings. The number of nitrogens with one attached hydrogen (secondary N) is 1. The number of rotatable bonds is 3. The van der Waals surface area contributed by atoms with Crippen molar-refractivity contribution in [1.82, 2.24) is 9.97 Å². The Morgan fingerprint density at radius 3 is 1.78 bits per heavy atom. The lowest BCUT2D eigenvalue weighted by Gasteiger charge is -2.06. The lowest BCUT2D eigenvalue weighted by Crippen LogP contribution is -2.11. The van der Waals surface area contributed by atoms with Crippen molar-refractivity contribution in [1.29, 1.82) is 0 Å². The Hall–Kier alpha value is -2.77. The maximum Gasteiger partial charge on any atom is 0.238 e. The monoisotopic (exact) mass is 328 g/mol. The highest BCUT2D eigenvalue weighted by molar-refractivity contribution is 7.89. The number of hydrogen-bond acceptors (Lipinski definition) is 5. The fourth-order valence-corrected chi connectivity index (χ4v) is 2.18. The molecule has 0 bridgehead atoms. The molecule has 0 radical (unpaired) electrons. The van der Waals surface area contributed by atoms with Crippen molar-refractivity contribution in [2.24, 2.45) is 5.14 Å². The van der Waals surface area contributed by atoms with Gasteiger partial charge < -0.3 is 5.32 Å². The Bertz CT molecular complexity index is 781. The van der Waals surface area contributed by atoms with Crippen molar-refractivity contribution in [2.75, 3.05) is 5.32 Å². The van der Waals surface area contributed by atoms with Gasteiger partial charge in [-0.1, -0.05) is 18.2 Å². The fourth-order valence-electron chi connectivity index (χ4n) is 1.67. The average molecular weight is 328 g/mol. The van der Waals surface area contributed by atoms with E-state index in [1.165, 1.54) is 18.5 Å². The minimum atomic E-state index is -3.62. The first-order valence-electron chi connectivity index (χ1n) is 6.70. The molecule has 23 heavy (non-hydrogen) atoms. The molecule has 2 aromatic carbocycles. The van der Waals surface area contributed by atoms with Crippen LogP contribution in [0.15, 0.2) is 84.3 Å². The first-order chi connectivity index (χ1) is 11.1. The molecule has 0 fully saturated rings. The summed E-state index contributed by atoms with van der Waals surface area (Å²) in [5.74, 6) is 0. The van der Waals surface area contributed by atoms with Crippen LogP contribution >= 0.6 is 0 Å². The van der Waals surface area contributed by atoms with Gasteiger partial charge in [0, 0.05) is 23.8 Å². The largest absolute Gasteiger partial charge is 0.356 e. The highest BCUT2D eigenvalue weighted by atomic mass is 32.2. The zero-order valence-corrected chi connectivity index (χ0v) is 13.0. The number of benzene rings is 2. The Kier molecular flexibility index (Phi) is 5.79. The van der Waals surface area contributed by atoms with Crippen molar-refractivity contribution in [2.45, 2.75) is 4.90 Å². The molecular weight excluding hydrogens is 312 g/mol. The predicted molar refractivity (Wildman–Crippen MR) is 89.6 cm³/mol. The highest BCUT2D eigenvalue weighted by Crippen LogP contribution is 2.17. The number of para-hydroxylation sites is 1. The van der Waals surface area contributed by atoms with E-state index in [2.05, 4.69) is 15.3 Å². The Morgan fingerprint density at radius 1 is 0.783 bits per heavy atom. The molecule has 3 rings (SSSR count). The second-order valence-electron chi connectivity index (χ2n) is 4.46. The molecule has 3 aromatic rings. The molecule has 7 heteroatoms. The summed E-state index contributed by atoms with van der Waals surface area (Å²) in [4.78, 5) is 7.45. The van der Waals surface area contributed by atoms with Gasteiger partial charge in [-0.05, 0) is 42.5 Å². The van der Waals surface area contributed by atoms with E-state index in [0.717, 1.165) is 11.4 Å². The molecule has 0 aliphatic heterocycles. The van der Waals surface area contributed by atoms with E-state index in [1.807, 2.05) is 30.3 Å². The van der Waals surface area contributed by atoms with Gasteiger partial charge in [-0.2, -0.15) is 0 Å². The van der Waals surface area contributed by atoms with Gasteiger partial charge in [0.05, 0.1) is 4.90 Å². The normalized spacial score (nSPS) is 10.3. The first-order valence-corrected chi connectivity index (χ1v) is 8.25. The van der Waals surface area contributed by atoms with E-state index in [4.69, 9.17) is 5.14 Å². The Morgan fingerprint density at radius 2 is 1.35 bits per heavy atom. The summed E-state index contributed by atoms with van der Waals surface area (Å²) in [6.45, 7) is 0. The van der Waals surface area contributed by atoms with Crippen molar-refractivity contribution < 1.29 is 8.42 Å². The van der Waals surface area contributed by atoms with Gasteiger partial charge in [-0.25, -0.2) is 23.5 Å². The molecule has 6 nitrogen and oxygen atoms in total. The zero-order chi connectivity index (χ0) is 16.5. The maximum absolute atomic E-state index is 11.1. The lowest BCUT2D eigenvalue weighted by molar-refractivity contribution is 0.598. The predicted octanol–water partition coefficient (Wildman–Crippen LogP) is 2.55. The molecule has 118 valence electrons. The van der Waals surface area contributed by atoms with Crippen molar-refractivity contribution in [3.05, 3.63) is 79.4 Å². The minimum absolute atomic E-state index is 0.108. The third-order valence-corrected chi connectivity index (χ3v) is 3.65. The molecule has 0 amide bonds. The molecule has 0 unspecified atom stereocenters. The van der Waals surface area contributed by atoms with Crippen LogP contribution in [0.3, 0.4) is 0 Å². The Labute approximate surface area is 135 Å². The smallest absolute Gasteiger partial charge is 0.238 e. The van der Waals surface area contributed by atoms with Crippen molar-refractivity contribution in [3.63, 3.8) is 0 Å². The summed E-state index contributed by atoms with van der Waals surface area (Å²) in [7, 11) is -3.62. The van der Waals surface area contributed by atoms with E-state index in [-0.39, 0.29) is 4.90 Å². The molecule has 0 atom stereocenters. The summed E-state index contributed by atoms with van der Waals surface area (Å²) in [6, 6.07) is 17.7. The van der Waals surface area contributed by atoms with Crippen LogP contribution in [0.2, 0.25) is 0 Å². The van der Waals surface area contributed by atoms with Crippen LogP contribution in [0.4, 0.5) is 11.4 Å². The molecule has 0 saturated heterocycles. The van der Waals surface area contributed by atoms with E-state index < -0.39 is 10.0 Å².